The van der Waals surface area contributed by atoms with E-state index in [0.29, 0.717) is 0 Å². The number of nitrogens with zero attached hydrogens (tertiary/aromatic N) is 1. The molecular weight excluding hydrogens is 340 g/mol. The van der Waals surface area contributed by atoms with Crippen molar-refractivity contribution in [1.82, 2.24) is 10.3 Å². The zero-order valence-corrected chi connectivity index (χ0v) is 15.9. The molecule has 0 spiro atoms. The van der Waals surface area contributed by atoms with Gasteiger partial charge >= 0.3 is 0 Å². The normalized spacial score (nSPS) is 23.0. The van der Waals surface area contributed by atoms with Gasteiger partial charge in [0.2, 0.25) is 5.91 Å². The number of rotatable bonds is 5. The molecule has 26 heavy (non-hydrogen) atoms. The van der Waals surface area contributed by atoms with Crippen molar-refractivity contribution in [3.8, 4) is 0 Å². The van der Waals surface area contributed by atoms with E-state index in [2.05, 4.69) is 41.7 Å². The maximum atomic E-state index is 12.9. The van der Waals surface area contributed by atoms with Gasteiger partial charge in [-0.15, -0.1) is 11.3 Å². The summed E-state index contributed by atoms with van der Waals surface area (Å²) < 4.78 is 1.21. The van der Waals surface area contributed by atoms with Gasteiger partial charge in [-0.25, -0.2) is 4.98 Å². The van der Waals surface area contributed by atoms with Crippen molar-refractivity contribution >= 4 is 27.5 Å². The summed E-state index contributed by atoms with van der Waals surface area (Å²) in [5.74, 6) is 0.391. The molecule has 1 aromatic carbocycles. The van der Waals surface area contributed by atoms with Crippen molar-refractivity contribution in [2.24, 2.45) is 5.92 Å². The summed E-state index contributed by atoms with van der Waals surface area (Å²) in [6, 6.07) is 8.25. The molecule has 2 atom stereocenters. The number of nitrogens with one attached hydrogen (secondary N) is 1. The molecule has 1 aromatic heterocycles. The predicted octanol–water partition coefficient (Wildman–Crippen LogP) is 5.35. The minimum absolute atomic E-state index is 0.000831. The number of thiazole rings is 1. The van der Waals surface area contributed by atoms with E-state index in [9.17, 15) is 4.79 Å². The Kier molecular flexibility index (Phi) is 5.49. The molecule has 2 aliphatic rings. The van der Waals surface area contributed by atoms with Crippen LogP contribution in [0, 0.1) is 5.92 Å². The third kappa shape index (κ3) is 3.90. The monoisotopic (exact) mass is 366 g/mol. The van der Waals surface area contributed by atoms with E-state index in [1.165, 1.54) is 36.0 Å². The van der Waals surface area contributed by atoms with Gasteiger partial charge in [0.25, 0.3) is 0 Å². The Hall–Kier alpha value is -1.94. The molecule has 0 fully saturated rings. The topological polar surface area (TPSA) is 42.0 Å². The Morgan fingerprint density at radius 1 is 1.19 bits per heavy atom. The molecule has 0 saturated carbocycles. The van der Waals surface area contributed by atoms with Crippen LogP contribution < -0.4 is 5.32 Å². The van der Waals surface area contributed by atoms with E-state index in [4.69, 9.17) is 4.98 Å². The van der Waals surface area contributed by atoms with Crippen molar-refractivity contribution in [2.45, 2.75) is 50.9 Å². The summed E-state index contributed by atoms with van der Waals surface area (Å²) in [5.41, 5.74) is 2.56. The van der Waals surface area contributed by atoms with Gasteiger partial charge in [-0.05, 0) is 57.1 Å². The molecule has 1 N–H and O–H groups in total. The summed E-state index contributed by atoms with van der Waals surface area (Å²) in [6.45, 7) is 0.761. The smallest absolute Gasteiger partial charge is 0.224 e. The van der Waals surface area contributed by atoms with Crippen LogP contribution >= 0.6 is 11.3 Å². The van der Waals surface area contributed by atoms with Crippen LogP contribution in [0.15, 0.2) is 48.1 Å². The lowest BCUT2D eigenvalue weighted by Crippen LogP contribution is -2.35. The number of fused-ring (bicyclic) bond motifs is 1. The maximum absolute atomic E-state index is 12.9. The van der Waals surface area contributed by atoms with Crippen molar-refractivity contribution in [3.63, 3.8) is 0 Å². The van der Waals surface area contributed by atoms with Crippen molar-refractivity contribution in [3.05, 3.63) is 53.1 Å². The maximum Gasteiger partial charge on any atom is 0.224 e. The molecule has 0 radical (unpaired) electrons. The summed E-state index contributed by atoms with van der Waals surface area (Å²) in [7, 11) is 0. The number of hydrogen-bond acceptors (Lipinski definition) is 3. The molecule has 3 nitrogen and oxygen atoms in total. The Labute approximate surface area is 159 Å². The first-order valence-corrected chi connectivity index (χ1v) is 10.6. The highest BCUT2D eigenvalue weighted by molar-refractivity contribution is 7.18. The van der Waals surface area contributed by atoms with E-state index in [-0.39, 0.29) is 17.7 Å². The van der Waals surface area contributed by atoms with Crippen LogP contribution in [0.25, 0.3) is 10.2 Å². The van der Waals surface area contributed by atoms with Crippen molar-refractivity contribution < 1.29 is 4.79 Å². The lowest BCUT2D eigenvalue weighted by Gasteiger charge is -2.26. The lowest BCUT2D eigenvalue weighted by molar-refractivity contribution is -0.125. The lowest BCUT2D eigenvalue weighted by atomic mass is 9.82. The first-order valence-electron chi connectivity index (χ1n) is 9.77. The minimum atomic E-state index is 0.000831. The van der Waals surface area contributed by atoms with Crippen LogP contribution in [-0.4, -0.2) is 17.4 Å². The van der Waals surface area contributed by atoms with Crippen molar-refractivity contribution in [2.75, 3.05) is 6.54 Å². The van der Waals surface area contributed by atoms with Crippen molar-refractivity contribution in [1.29, 1.82) is 0 Å². The van der Waals surface area contributed by atoms with Crippen LogP contribution in [0.5, 0.6) is 0 Å². The van der Waals surface area contributed by atoms with E-state index < -0.39 is 0 Å². The molecule has 1 amide bonds. The number of allylic oxidation sites excluding steroid dienone is 3. The van der Waals surface area contributed by atoms with Crippen LogP contribution in [0.2, 0.25) is 0 Å². The summed E-state index contributed by atoms with van der Waals surface area (Å²) in [5, 5.41) is 4.30. The number of aromatic nitrogens is 1. The summed E-state index contributed by atoms with van der Waals surface area (Å²) >= 11 is 1.74. The second kappa shape index (κ2) is 8.17. The fourth-order valence-electron chi connectivity index (χ4n) is 4.03. The van der Waals surface area contributed by atoms with E-state index in [1.54, 1.807) is 11.3 Å². The molecule has 0 aliphatic heterocycles. The first kappa shape index (κ1) is 17.5. The zero-order valence-electron chi connectivity index (χ0n) is 15.1. The summed E-state index contributed by atoms with van der Waals surface area (Å²) in [6.07, 6.45) is 14.5. The van der Waals surface area contributed by atoms with Gasteiger partial charge in [0, 0.05) is 12.5 Å². The number of benzene rings is 1. The third-order valence-electron chi connectivity index (χ3n) is 5.53. The third-order valence-corrected chi connectivity index (χ3v) is 6.70. The molecule has 0 bridgehead atoms. The Morgan fingerprint density at radius 3 is 2.92 bits per heavy atom. The fourth-order valence-corrected chi connectivity index (χ4v) is 5.18. The van der Waals surface area contributed by atoms with E-state index >= 15 is 0 Å². The highest BCUT2D eigenvalue weighted by atomic mass is 32.1. The average Bonchev–Trinajstić information content (AvgIpc) is 3.13. The standard InChI is InChI=1S/C22H26N2OS/c25-21(23-15-14-16-8-2-1-3-9-16)17-10-4-5-11-18(17)22-24-19-12-6-7-13-20(19)26-22/h4-8,12-13,17-18H,1-3,9-11,14-15H2,(H,23,25). The van der Waals surface area contributed by atoms with Gasteiger partial charge < -0.3 is 5.32 Å². The fraction of sp³-hybridized carbons (Fsp3) is 0.455. The van der Waals surface area contributed by atoms with Gasteiger partial charge in [0.1, 0.15) is 0 Å². The molecule has 4 rings (SSSR count). The highest BCUT2D eigenvalue weighted by Gasteiger charge is 2.32. The number of hydrogen-bond donors (Lipinski definition) is 1. The van der Waals surface area contributed by atoms with Gasteiger partial charge in [-0.2, -0.15) is 0 Å². The number of amides is 1. The second-order valence-electron chi connectivity index (χ2n) is 7.32. The molecule has 4 heteroatoms. The Balaban J connectivity index is 1.42. The SMILES string of the molecule is O=C(NCCC1=CCCCC1)C1CC=CCC1c1nc2ccccc2s1. The van der Waals surface area contributed by atoms with E-state index in [0.717, 1.165) is 36.3 Å². The molecule has 2 unspecified atom stereocenters. The molecule has 0 saturated heterocycles. The highest BCUT2D eigenvalue weighted by Crippen LogP contribution is 2.38. The Bertz CT molecular complexity index is 803. The second-order valence-corrected chi connectivity index (χ2v) is 8.39. The van der Waals surface area contributed by atoms with Gasteiger partial charge in [0.05, 0.1) is 21.1 Å². The quantitative estimate of drug-likeness (QED) is 0.725. The number of para-hydroxylation sites is 1. The molecule has 136 valence electrons. The molecule has 2 aliphatic carbocycles. The van der Waals surface area contributed by atoms with Crippen LogP contribution in [-0.2, 0) is 4.79 Å². The zero-order chi connectivity index (χ0) is 17.8. The first-order chi connectivity index (χ1) is 12.8. The largest absolute Gasteiger partial charge is 0.356 e. The van der Waals surface area contributed by atoms with Crippen LogP contribution in [0.1, 0.15) is 55.9 Å². The predicted molar refractivity (Wildman–Crippen MR) is 108 cm³/mol. The van der Waals surface area contributed by atoms with Crippen LogP contribution in [0.4, 0.5) is 0 Å². The van der Waals surface area contributed by atoms with Gasteiger partial charge in [-0.3, -0.25) is 4.79 Å². The molecular formula is C22H26N2OS. The number of carbonyl (C=O) groups excluding carboxylic acids is 1. The Morgan fingerprint density at radius 2 is 2.08 bits per heavy atom. The van der Waals surface area contributed by atoms with E-state index in [1.807, 2.05) is 6.07 Å². The molecule has 2 aromatic rings. The minimum Gasteiger partial charge on any atom is -0.356 e. The van der Waals surface area contributed by atoms with Crippen LogP contribution in [0.3, 0.4) is 0 Å². The molecule has 1 heterocycles. The van der Waals surface area contributed by atoms with Gasteiger partial charge in [0.15, 0.2) is 0 Å². The van der Waals surface area contributed by atoms with Gasteiger partial charge in [-0.1, -0.05) is 35.9 Å². The average molecular weight is 367 g/mol. The summed E-state index contributed by atoms with van der Waals surface area (Å²) in [4.78, 5) is 17.7. The number of carbonyl (C=O) groups is 1.